The van der Waals surface area contributed by atoms with Crippen molar-refractivity contribution in [3.8, 4) is 0 Å². The Kier molecular flexibility index (Phi) is 9.23. The largest absolute Gasteiger partial charge is 0.445 e. The number of alkyl carbamates (subject to hydrolysis) is 1. The second kappa shape index (κ2) is 11.8. The van der Waals surface area contributed by atoms with Gasteiger partial charge in [-0.25, -0.2) is 14.9 Å². The van der Waals surface area contributed by atoms with Crippen molar-refractivity contribution < 1.29 is 45.3 Å². The zero-order valence-corrected chi connectivity index (χ0v) is 21.3. The summed E-state index contributed by atoms with van der Waals surface area (Å²) in [4.78, 5) is 23.8. The first-order valence-electron chi connectivity index (χ1n) is 10.2. The first-order chi connectivity index (χ1) is 16.9. The highest BCUT2D eigenvalue weighted by atomic mass is 127. The van der Waals surface area contributed by atoms with Gasteiger partial charge in [0.1, 0.15) is 13.1 Å². The number of ether oxygens (including phenoxy) is 1. The lowest BCUT2D eigenvalue weighted by atomic mass is 10.0. The average molecular weight is 646 g/mol. The number of amides is 2. The van der Waals surface area contributed by atoms with Gasteiger partial charge in [0.05, 0.1) is 17.2 Å². The van der Waals surface area contributed by atoms with E-state index in [4.69, 9.17) is 9.36 Å². The fourth-order valence-corrected chi connectivity index (χ4v) is 4.07. The molecule has 36 heavy (non-hydrogen) atoms. The van der Waals surface area contributed by atoms with Gasteiger partial charge in [-0.1, -0.05) is 18.2 Å². The van der Waals surface area contributed by atoms with Gasteiger partial charge in [-0.05, 0) is 81.4 Å². The van der Waals surface area contributed by atoms with Crippen molar-refractivity contribution in [2.45, 2.75) is 37.8 Å². The first-order valence-corrected chi connectivity index (χ1v) is 14.2. The van der Waals surface area contributed by atoms with Crippen LogP contribution in [0.1, 0.15) is 45.8 Å². The topological polar surface area (TPSA) is 76.7 Å². The van der Waals surface area contributed by atoms with Crippen LogP contribution in [-0.4, -0.2) is 12.0 Å². The number of nitrogens with one attached hydrogen (secondary N) is 2. The van der Waals surface area contributed by atoms with E-state index < -0.39 is 53.7 Å². The SMILES string of the molecule is O=C(/C=C/c1ccc2c(c1)CCC2NC(=O)OCc1cc(C(F)(F)F)cc(C(F)(F)F)c1)NOPI. The highest BCUT2D eigenvalue weighted by Gasteiger charge is 2.37. The molecule has 2 amide bonds. The van der Waals surface area contributed by atoms with Crippen LogP contribution in [0.15, 0.2) is 42.5 Å². The van der Waals surface area contributed by atoms with Crippen LogP contribution >= 0.6 is 28.5 Å². The minimum Gasteiger partial charge on any atom is -0.445 e. The number of aryl methyl sites for hydroxylation is 1. The van der Waals surface area contributed by atoms with Gasteiger partial charge < -0.3 is 10.1 Å². The van der Waals surface area contributed by atoms with Gasteiger partial charge >= 0.3 is 18.4 Å². The van der Waals surface area contributed by atoms with E-state index in [1.54, 1.807) is 18.2 Å². The van der Waals surface area contributed by atoms with E-state index in [-0.39, 0.29) is 12.5 Å². The summed E-state index contributed by atoms with van der Waals surface area (Å²) in [6.45, 7) is -0.697. The Morgan fingerprint density at radius 1 is 1.06 bits per heavy atom. The van der Waals surface area contributed by atoms with E-state index in [0.717, 1.165) is 16.7 Å². The molecule has 1 aliphatic carbocycles. The molecule has 14 heteroatoms. The third-order valence-corrected chi connectivity index (χ3v) is 6.01. The van der Waals surface area contributed by atoms with Crippen molar-refractivity contribution in [3.05, 3.63) is 75.9 Å². The zero-order chi connectivity index (χ0) is 26.5. The maximum Gasteiger partial charge on any atom is 0.416 e. The summed E-state index contributed by atoms with van der Waals surface area (Å²) in [7, 11) is 0. The summed E-state index contributed by atoms with van der Waals surface area (Å²) in [5, 5.41) is 2.58. The van der Waals surface area contributed by atoms with Crippen LogP contribution < -0.4 is 10.8 Å². The summed E-state index contributed by atoms with van der Waals surface area (Å²) in [5.74, 6) is -0.426. The van der Waals surface area contributed by atoms with Gasteiger partial charge in [0.2, 0.25) is 0 Å². The van der Waals surface area contributed by atoms with Gasteiger partial charge in [-0.15, -0.1) is 0 Å². The molecule has 0 saturated carbocycles. The summed E-state index contributed by atoms with van der Waals surface area (Å²) in [6.07, 6.45) is -6.94. The first kappa shape index (κ1) is 28.2. The predicted octanol–water partition coefficient (Wildman–Crippen LogP) is 6.64. The van der Waals surface area contributed by atoms with E-state index in [9.17, 15) is 35.9 Å². The molecule has 3 rings (SSSR count). The molecular weight excluding hydrogens is 628 g/mol. The lowest BCUT2D eigenvalue weighted by Gasteiger charge is -2.16. The fraction of sp³-hybridized carbons (Fsp3) is 0.273. The fourth-order valence-electron chi connectivity index (χ4n) is 3.60. The van der Waals surface area contributed by atoms with Crippen molar-refractivity contribution in [2.24, 2.45) is 0 Å². The second-order valence-corrected chi connectivity index (χ2v) is 9.34. The van der Waals surface area contributed by atoms with Crippen molar-refractivity contribution in [1.82, 2.24) is 10.8 Å². The molecule has 0 aliphatic heterocycles. The van der Waals surface area contributed by atoms with Crippen molar-refractivity contribution in [3.63, 3.8) is 0 Å². The quantitative estimate of drug-likeness (QED) is 0.116. The maximum absolute atomic E-state index is 13.0. The van der Waals surface area contributed by atoms with E-state index in [1.807, 2.05) is 28.1 Å². The summed E-state index contributed by atoms with van der Waals surface area (Å²) in [6, 6.07) is 5.92. The Labute approximate surface area is 216 Å². The van der Waals surface area contributed by atoms with Gasteiger partial charge in [-0.2, -0.15) is 26.3 Å². The summed E-state index contributed by atoms with van der Waals surface area (Å²) >= 11 is 1.95. The number of hydrogen-bond donors (Lipinski definition) is 2. The normalized spacial score (nSPS) is 15.9. The van der Waals surface area contributed by atoms with E-state index in [2.05, 4.69) is 10.8 Å². The Morgan fingerprint density at radius 3 is 2.33 bits per heavy atom. The minimum atomic E-state index is -4.99. The molecule has 6 nitrogen and oxygen atoms in total. The predicted molar refractivity (Wildman–Crippen MR) is 128 cm³/mol. The van der Waals surface area contributed by atoms with Gasteiger partial charge in [0.15, 0.2) is 0 Å². The molecule has 2 aromatic rings. The molecule has 1 aliphatic rings. The number of hydrogen-bond acceptors (Lipinski definition) is 4. The van der Waals surface area contributed by atoms with Crippen molar-refractivity contribution in [1.29, 1.82) is 0 Å². The van der Waals surface area contributed by atoms with Crippen molar-refractivity contribution in [2.75, 3.05) is 0 Å². The molecule has 0 spiro atoms. The molecule has 194 valence electrons. The molecule has 0 aromatic heterocycles. The average Bonchev–Trinajstić information content (AvgIpc) is 3.20. The molecule has 0 radical (unpaired) electrons. The number of carbonyl (C=O) groups excluding carboxylic acids is 2. The highest BCUT2D eigenvalue weighted by molar-refractivity contribution is 14.2. The molecule has 2 unspecified atom stereocenters. The van der Waals surface area contributed by atoms with E-state index in [1.165, 1.54) is 6.08 Å². The minimum absolute atomic E-state index is 0.00782. The Morgan fingerprint density at radius 2 is 1.72 bits per heavy atom. The molecule has 2 N–H and O–H groups in total. The Balaban J connectivity index is 1.62. The number of carbonyl (C=O) groups is 2. The van der Waals surface area contributed by atoms with Crippen LogP contribution in [0.25, 0.3) is 6.08 Å². The molecule has 0 bridgehead atoms. The van der Waals surface area contributed by atoms with Crippen LogP contribution in [0.5, 0.6) is 0 Å². The number of hydroxylamine groups is 1. The zero-order valence-electron chi connectivity index (χ0n) is 18.1. The molecule has 2 aromatic carbocycles. The summed E-state index contributed by atoms with van der Waals surface area (Å²) in [5.41, 5.74) is 1.28. The van der Waals surface area contributed by atoms with Crippen LogP contribution in [0.4, 0.5) is 31.1 Å². The third-order valence-electron chi connectivity index (χ3n) is 5.17. The molecular formula is C22H18F6IN2O4P. The number of benzene rings is 2. The molecule has 0 heterocycles. The molecule has 0 saturated heterocycles. The number of fused-ring (bicyclic) bond motifs is 1. The number of alkyl halides is 6. The van der Waals surface area contributed by atoms with Gasteiger partial charge in [0, 0.05) is 6.08 Å². The Bertz CT molecular complexity index is 1120. The third kappa shape index (κ3) is 7.81. The monoisotopic (exact) mass is 646 g/mol. The number of rotatable bonds is 7. The molecule has 0 fully saturated rings. The lowest BCUT2D eigenvalue weighted by molar-refractivity contribution is -0.143. The van der Waals surface area contributed by atoms with E-state index in [0.29, 0.717) is 25.0 Å². The van der Waals surface area contributed by atoms with Crippen molar-refractivity contribution >= 4 is 46.6 Å². The summed E-state index contributed by atoms with van der Waals surface area (Å²) < 4.78 is 87.7. The smallest absolute Gasteiger partial charge is 0.416 e. The van der Waals surface area contributed by atoms with Crippen LogP contribution in [-0.2, 0) is 39.5 Å². The van der Waals surface area contributed by atoms with Gasteiger partial charge in [0.25, 0.3) is 5.91 Å². The molecule has 2 atom stereocenters. The lowest BCUT2D eigenvalue weighted by Crippen LogP contribution is -2.27. The van der Waals surface area contributed by atoms with E-state index >= 15 is 0 Å². The number of halogens is 7. The second-order valence-electron chi connectivity index (χ2n) is 7.66. The van der Waals surface area contributed by atoms with Crippen LogP contribution in [0.3, 0.4) is 0 Å². The van der Waals surface area contributed by atoms with Crippen LogP contribution in [0, 0.1) is 0 Å². The maximum atomic E-state index is 13.0. The van der Waals surface area contributed by atoms with Crippen LogP contribution in [0.2, 0.25) is 0 Å². The standard InChI is InChI=1S/C22H18F6IN2O4P/c23-21(24,25)15-8-13(9-16(10-15)22(26,27)28)11-34-20(33)30-18-5-3-14-7-12(1-4-17(14)18)2-6-19(32)31-35-36-29/h1-2,4,6-10,18,36H,3,5,11H2,(H,30,33)(H,31,32)/b6-2+. The van der Waals surface area contributed by atoms with Gasteiger partial charge in [-0.3, -0.25) is 4.79 Å². The Hall–Kier alpha value is -2.38. The highest BCUT2D eigenvalue weighted by Crippen LogP contribution is 2.37.